The van der Waals surface area contributed by atoms with E-state index in [0.717, 1.165) is 50.7 Å². The number of aliphatic carboxylic acids is 1. The number of unbranched alkanes of at least 4 members (excludes halogenated alkanes) is 2. The number of rotatable bonds is 10. The number of hydrogen-bond donors (Lipinski definition) is 3. The first-order valence-corrected chi connectivity index (χ1v) is 9.45. The Morgan fingerprint density at radius 2 is 2.20 bits per heavy atom. The van der Waals surface area contributed by atoms with Crippen molar-refractivity contribution in [2.75, 3.05) is 6.61 Å². The molecule has 2 rings (SSSR count). The second-order valence-corrected chi connectivity index (χ2v) is 7.30. The molecule has 3 N–H and O–H groups in total. The Morgan fingerprint density at radius 1 is 1.40 bits per heavy atom. The fourth-order valence-corrected chi connectivity index (χ4v) is 4.01. The summed E-state index contributed by atoms with van der Waals surface area (Å²) in [7, 11) is 0. The van der Waals surface area contributed by atoms with Crippen LogP contribution in [0.1, 0.15) is 58.3 Å². The summed E-state index contributed by atoms with van der Waals surface area (Å²) < 4.78 is 0. The van der Waals surface area contributed by atoms with Gasteiger partial charge < -0.3 is 20.2 Å². The topological polar surface area (TPSA) is 99.4 Å². The zero-order valence-corrected chi connectivity index (χ0v) is 15.0. The minimum Gasteiger partial charge on any atom is -0.481 e. The predicted molar refractivity (Wildman–Crippen MR) is 95.3 cm³/mol. The molecule has 6 nitrogen and oxygen atoms in total. The van der Waals surface area contributed by atoms with Crippen LogP contribution < -0.4 is 0 Å². The first-order valence-electron chi connectivity index (χ1n) is 9.45. The van der Waals surface area contributed by atoms with Crippen LogP contribution in [0, 0.1) is 17.8 Å². The maximum absolute atomic E-state index is 10.5. The van der Waals surface area contributed by atoms with Gasteiger partial charge in [0, 0.05) is 5.92 Å². The molecule has 2 aliphatic rings. The van der Waals surface area contributed by atoms with E-state index in [1.54, 1.807) is 0 Å². The molecule has 0 radical (unpaired) electrons. The van der Waals surface area contributed by atoms with Crippen LogP contribution in [0.2, 0.25) is 0 Å². The van der Waals surface area contributed by atoms with Gasteiger partial charge in [0.25, 0.3) is 0 Å². The largest absolute Gasteiger partial charge is 0.481 e. The van der Waals surface area contributed by atoms with Crippen molar-refractivity contribution in [2.24, 2.45) is 22.9 Å². The van der Waals surface area contributed by atoms with Gasteiger partial charge >= 0.3 is 5.97 Å². The van der Waals surface area contributed by atoms with Crippen molar-refractivity contribution in [2.45, 2.75) is 70.5 Å². The van der Waals surface area contributed by atoms with Crippen molar-refractivity contribution in [1.82, 2.24) is 0 Å². The van der Waals surface area contributed by atoms with E-state index in [2.05, 4.69) is 12.1 Å². The molecular weight excluding hydrogens is 322 g/mol. The molecule has 2 fully saturated rings. The average Bonchev–Trinajstić information content (AvgIpc) is 3.06. The maximum atomic E-state index is 10.5. The standard InChI is InChI=1S/C19H31NO5/c1-2-3-4-5-15(21)6-7-16-17-12-14(10-13(17)11-18(16)22)20-25-9-8-19(23)24/h6-7,13,15-18,21-22H,2-5,8-12H2,1H3,(H,23,24)/t13-,15?,16-,17+,18-/m0/s1. The minimum absolute atomic E-state index is 0.0520. The van der Waals surface area contributed by atoms with Crippen LogP contribution in [-0.2, 0) is 9.63 Å². The van der Waals surface area contributed by atoms with E-state index in [-0.39, 0.29) is 25.0 Å². The van der Waals surface area contributed by atoms with E-state index >= 15 is 0 Å². The second-order valence-electron chi connectivity index (χ2n) is 7.30. The summed E-state index contributed by atoms with van der Waals surface area (Å²) in [6, 6.07) is 0. The fraction of sp³-hybridized carbons (Fsp3) is 0.789. The highest BCUT2D eigenvalue weighted by atomic mass is 16.6. The van der Waals surface area contributed by atoms with Gasteiger partial charge in [0.05, 0.1) is 24.3 Å². The average molecular weight is 353 g/mol. The summed E-state index contributed by atoms with van der Waals surface area (Å²) in [6.45, 7) is 2.23. The maximum Gasteiger partial charge on any atom is 0.306 e. The number of oxime groups is 1. The molecule has 2 saturated carbocycles. The number of fused-ring (bicyclic) bond motifs is 1. The number of hydrogen-bond acceptors (Lipinski definition) is 5. The lowest BCUT2D eigenvalue weighted by Crippen LogP contribution is -2.18. The Balaban J connectivity index is 1.83. The third-order valence-corrected chi connectivity index (χ3v) is 5.32. The molecule has 2 aliphatic carbocycles. The van der Waals surface area contributed by atoms with Crippen molar-refractivity contribution in [3.63, 3.8) is 0 Å². The normalized spacial score (nSPS) is 31.6. The van der Waals surface area contributed by atoms with Gasteiger partial charge in [-0.15, -0.1) is 0 Å². The molecule has 0 aromatic rings. The molecular formula is C19H31NO5. The van der Waals surface area contributed by atoms with Crippen LogP contribution in [0.15, 0.2) is 17.3 Å². The van der Waals surface area contributed by atoms with Crippen molar-refractivity contribution in [3.05, 3.63) is 12.2 Å². The van der Waals surface area contributed by atoms with E-state index in [9.17, 15) is 15.0 Å². The van der Waals surface area contributed by atoms with E-state index in [0.29, 0.717) is 11.8 Å². The number of aliphatic hydroxyl groups excluding tert-OH is 2. The number of carboxylic acids is 1. The Labute approximate surface area is 149 Å². The second kappa shape index (κ2) is 9.92. The molecule has 0 aromatic carbocycles. The number of carboxylic acid groups (broad SMARTS) is 1. The van der Waals surface area contributed by atoms with Gasteiger partial charge in [-0.25, -0.2) is 0 Å². The van der Waals surface area contributed by atoms with Gasteiger partial charge in [-0.3, -0.25) is 4.79 Å². The van der Waals surface area contributed by atoms with Crippen molar-refractivity contribution in [1.29, 1.82) is 0 Å². The van der Waals surface area contributed by atoms with Gasteiger partial charge in [-0.05, 0) is 37.5 Å². The lowest BCUT2D eigenvalue weighted by Gasteiger charge is -2.17. The highest BCUT2D eigenvalue weighted by Crippen LogP contribution is 2.47. The first-order chi connectivity index (χ1) is 12.0. The molecule has 0 aliphatic heterocycles. The summed E-state index contributed by atoms with van der Waals surface area (Å²) in [5, 5.41) is 33.0. The number of nitrogens with zero attached hydrogens (tertiary/aromatic N) is 1. The van der Waals surface area contributed by atoms with Crippen molar-refractivity contribution in [3.8, 4) is 0 Å². The Hall–Kier alpha value is -1.40. The molecule has 6 heteroatoms. The molecule has 25 heavy (non-hydrogen) atoms. The summed E-state index contributed by atoms with van der Waals surface area (Å²) in [4.78, 5) is 15.6. The van der Waals surface area contributed by atoms with E-state index < -0.39 is 12.1 Å². The lowest BCUT2D eigenvalue weighted by atomic mass is 9.90. The van der Waals surface area contributed by atoms with Gasteiger partial charge in [-0.1, -0.05) is 43.5 Å². The number of carbonyl (C=O) groups is 1. The fourth-order valence-electron chi connectivity index (χ4n) is 4.01. The van der Waals surface area contributed by atoms with Crippen LogP contribution in [0.5, 0.6) is 0 Å². The zero-order valence-electron chi connectivity index (χ0n) is 15.0. The Kier molecular flexibility index (Phi) is 7.90. The SMILES string of the molecule is CCCCCC(O)C=C[C@H]1[C@@H]2CC(=NOCCC(=O)O)C[C@H]2C[C@@H]1O. The predicted octanol–water partition coefficient (Wildman–Crippen LogP) is 2.74. The van der Waals surface area contributed by atoms with Crippen LogP contribution in [0.4, 0.5) is 0 Å². The van der Waals surface area contributed by atoms with Crippen LogP contribution in [-0.4, -0.2) is 45.8 Å². The smallest absolute Gasteiger partial charge is 0.306 e. The summed E-state index contributed by atoms with van der Waals surface area (Å²) >= 11 is 0. The Morgan fingerprint density at radius 3 is 2.92 bits per heavy atom. The quantitative estimate of drug-likeness (QED) is 0.319. The zero-order chi connectivity index (χ0) is 18.2. The molecule has 0 amide bonds. The molecule has 0 heterocycles. The number of aliphatic hydroxyl groups is 2. The van der Waals surface area contributed by atoms with Crippen molar-refractivity contribution < 1.29 is 25.0 Å². The minimum atomic E-state index is -0.894. The molecule has 0 aromatic heterocycles. The van der Waals surface area contributed by atoms with Crippen LogP contribution in [0.25, 0.3) is 0 Å². The molecule has 0 spiro atoms. The van der Waals surface area contributed by atoms with Gasteiger partial charge in [-0.2, -0.15) is 0 Å². The highest BCUT2D eigenvalue weighted by molar-refractivity contribution is 5.86. The molecule has 142 valence electrons. The van der Waals surface area contributed by atoms with Crippen LogP contribution in [0.3, 0.4) is 0 Å². The first kappa shape index (κ1) is 19.9. The third kappa shape index (κ3) is 6.12. The van der Waals surface area contributed by atoms with Gasteiger partial charge in [0.15, 0.2) is 0 Å². The third-order valence-electron chi connectivity index (χ3n) is 5.32. The highest BCUT2D eigenvalue weighted by Gasteiger charge is 2.46. The molecule has 0 bridgehead atoms. The molecule has 1 unspecified atom stereocenters. The van der Waals surface area contributed by atoms with Crippen molar-refractivity contribution >= 4 is 11.7 Å². The van der Waals surface area contributed by atoms with E-state index in [1.807, 2.05) is 12.2 Å². The lowest BCUT2D eigenvalue weighted by molar-refractivity contribution is -0.138. The summed E-state index contributed by atoms with van der Waals surface area (Å²) in [5.74, 6) is -0.119. The van der Waals surface area contributed by atoms with Gasteiger partial charge in [0.1, 0.15) is 6.61 Å². The van der Waals surface area contributed by atoms with Gasteiger partial charge in [0.2, 0.25) is 0 Å². The Bertz CT molecular complexity index is 490. The van der Waals surface area contributed by atoms with Crippen LogP contribution >= 0.6 is 0 Å². The van der Waals surface area contributed by atoms with E-state index in [1.165, 1.54) is 0 Å². The van der Waals surface area contributed by atoms with E-state index in [4.69, 9.17) is 9.94 Å². The summed E-state index contributed by atoms with van der Waals surface area (Å²) in [6.07, 6.45) is 9.36. The molecule has 0 saturated heterocycles. The monoisotopic (exact) mass is 353 g/mol. The summed E-state index contributed by atoms with van der Waals surface area (Å²) in [5.41, 5.74) is 0.953. The molecule has 5 atom stereocenters.